The zero-order valence-electron chi connectivity index (χ0n) is 13.6. The topological polar surface area (TPSA) is 35.5 Å². The fourth-order valence-corrected chi connectivity index (χ4v) is 3.50. The summed E-state index contributed by atoms with van der Waals surface area (Å²) in [6, 6.07) is 0.571. The number of hydrogen-bond donors (Lipinski definition) is 2. The summed E-state index contributed by atoms with van der Waals surface area (Å²) < 4.78 is 0. The molecule has 0 aromatic rings. The molecule has 1 aliphatic heterocycles. The number of aliphatic hydroxyl groups is 1. The first-order valence-electron chi connectivity index (χ1n) is 8.68. The third-order valence-electron chi connectivity index (χ3n) is 5.14. The van der Waals surface area contributed by atoms with Gasteiger partial charge in [0, 0.05) is 25.7 Å². The molecular weight excluding hydrogens is 248 g/mol. The third kappa shape index (κ3) is 5.01. The predicted octanol–water partition coefficient (Wildman–Crippen LogP) is 2.49. The summed E-state index contributed by atoms with van der Waals surface area (Å²) in [5.74, 6) is 2.14. The van der Waals surface area contributed by atoms with Crippen LogP contribution in [0.15, 0.2) is 0 Å². The molecule has 1 aliphatic carbocycles. The Balaban J connectivity index is 1.79. The van der Waals surface area contributed by atoms with Crippen LogP contribution in [-0.4, -0.2) is 48.3 Å². The maximum absolute atomic E-state index is 9.98. The van der Waals surface area contributed by atoms with E-state index in [4.69, 9.17) is 0 Å². The van der Waals surface area contributed by atoms with E-state index in [1.165, 1.54) is 38.8 Å². The molecule has 1 heterocycles. The minimum Gasteiger partial charge on any atom is -0.393 e. The van der Waals surface area contributed by atoms with Gasteiger partial charge in [0.1, 0.15) is 0 Å². The van der Waals surface area contributed by atoms with Crippen LogP contribution in [0.2, 0.25) is 0 Å². The highest BCUT2D eigenvalue weighted by Gasteiger charge is 2.31. The van der Waals surface area contributed by atoms with Crippen LogP contribution in [0.25, 0.3) is 0 Å². The summed E-state index contributed by atoms with van der Waals surface area (Å²) in [5, 5.41) is 13.7. The average molecular weight is 282 g/mol. The molecule has 2 rings (SSSR count). The second-order valence-corrected chi connectivity index (χ2v) is 7.59. The minimum absolute atomic E-state index is 0.173. The number of piperidine rings is 1. The molecule has 0 radical (unpaired) electrons. The van der Waals surface area contributed by atoms with Crippen LogP contribution in [-0.2, 0) is 0 Å². The smallest absolute Gasteiger partial charge is 0.0553 e. The average Bonchev–Trinajstić information content (AvgIpc) is 2.33. The fourth-order valence-electron chi connectivity index (χ4n) is 3.50. The molecule has 0 spiro atoms. The molecule has 0 aromatic heterocycles. The fraction of sp³-hybridized carbons (Fsp3) is 1.00. The van der Waals surface area contributed by atoms with Gasteiger partial charge in [-0.25, -0.2) is 0 Å². The van der Waals surface area contributed by atoms with Crippen LogP contribution in [0.4, 0.5) is 0 Å². The molecule has 1 saturated carbocycles. The van der Waals surface area contributed by atoms with Gasteiger partial charge in [-0.15, -0.1) is 0 Å². The van der Waals surface area contributed by atoms with Gasteiger partial charge in [0.15, 0.2) is 0 Å². The summed E-state index contributed by atoms with van der Waals surface area (Å²) in [7, 11) is 0. The molecule has 118 valence electrons. The van der Waals surface area contributed by atoms with Gasteiger partial charge in [-0.05, 0) is 56.9 Å². The standard InChI is InChI=1S/C17H34N2O/c1-13(2)7-8-18-17-9-16(14(3)20)11-19(12-17)10-15-5-4-6-15/h13-18,20H,4-12H2,1-3H3. The molecule has 20 heavy (non-hydrogen) atoms. The number of rotatable bonds is 7. The normalized spacial score (nSPS) is 30.4. The molecule has 3 unspecified atom stereocenters. The summed E-state index contributed by atoms with van der Waals surface area (Å²) in [6.07, 6.45) is 6.47. The van der Waals surface area contributed by atoms with E-state index in [-0.39, 0.29) is 6.10 Å². The van der Waals surface area contributed by atoms with E-state index in [9.17, 15) is 5.11 Å². The van der Waals surface area contributed by atoms with E-state index in [0.29, 0.717) is 12.0 Å². The van der Waals surface area contributed by atoms with Crippen LogP contribution < -0.4 is 5.32 Å². The highest BCUT2D eigenvalue weighted by atomic mass is 16.3. The molecular formula is C17H34N2O. The Morgan fingerprint density at radius 2 is 1.95 bits per heavy atom. The van der Waals surface area contributed by atoms with Crippen molar-refractivity contribution in [2.75, 3.05) is 26.2 Å². The summed E-state index contributed by atoms with van der Waals surface area (Å²) in [6.45, 7) is 11.2. The van der Waals surface area contributed by atoms with Gasteiger partial charge in [0.05, 0.1) is 6.10 Å². The monoisotopic (exact) mass is 282 g/mol. The zero-order chi connectivity index (χ0) is 14.5. The minimum atomic E-state index is -0.173. The molecule has 2 aliphatic rings. The van der Waals surface area contributed by atoms with Crippen LogP contribution in [0, 0.1) is 17.8 Å². The molecule has 2 N–H and O–H groups in total. The predicted molar refractivity (Wildman–Crippen MR) is 84.8 cm³/mol. The second-order valence-electron chi connectivity index (χ2n) is 7.59. The molecule has 0 aromatic carbocycles. The number of aliphatic hydroxyl groups excluding tert-OH is 1. The van der Waals surface area contributed by atoms with Gasteiger partial charge in [-0.2, -0.15) is 0 Å². The number of nitrogens with zero attached hydrogens (tertiary/aromatic N) is 1. The Morgan fingerprint density at radius 1 is 1.20 bits per heavy atom. The highest BCUT2D eigenvalue weighted by molar-refractivity contribution is 4.87. The van der Waals surface area contributed by atoms with E-state index in [2.05, 4.69) is 24.1 Å². The largest absolute Gasteiger partial charge is 0.393 e. The van der Waals surface area contributed by atoms with E-state index >= 15 is 0 Å². The molecule has 3 atom stereocenters. The Hall–Kier alpha value is -0.120. The van der Waals surface area contributed by atoms with Crippen molar-refractivity contribution in [1.82, 2.24) is 10.2 Å². The first kappa shape index (κ1) is 16.3. The highest BCUT2D eigenvalue weighted by Crippen LogP contribution is 2.29. The summed E-state index contributed by atoms with van der Waals surface area (Å²) in [4.78, 5) is 2.61. The summed E-state index contributed by atoms with van der Waals surface area (Å²) in [5.41, 5.74) is 0. The lowest BCUT2D eigenvalue weighted by Crippen LogP contribution is -2.53. The van der Waals surface area contributed by atoms with Gasteiger partial charge in [0.25, 0.3) is 0 Å². The molecule has 0 bridgehead atoms. The SMILES string of the molecule is CC(C)CCNC1CC(C(C)O)CN(CC2CCC2)C1. The van der Waals surface area contributed by atoms with Crippen LogP contribution in [0.5, 0.6) is 0 Å². The van der Waals surface area contributed by atoms with E-state index < -0.39 is 0 Å². The lowest BCUT2D eigenvalue weighted by Gasteiger charge is -2.42. The quantitative estimate of drug-likeness (QED) is 0.753. The van der Waals surface area contributed by atoms with Gasteiger partial charge < -0.3 is 15.3 Å². The van der Waals surface area contributed by atoms with Gasteiger partial charge in [-0.3, -0.25) is 0 Å². The molecule has 2 fully saturated rings. The van der Waals surface area contributed by atoms with Gasteiger partial charge >= 0.3 is 0 Å². The number of likely N-dealkylation sites (tertiary alicyclic amines) is 1. The first-order valence-corrected chi connectivity index (χ1v) is 8.68. The number of nitrogens with one attached hydrogen (secondary N) is 1. The van der Waals surface area contributed by atoms with E-state index in [1.807, 2.05) is 6.92 Å². The van der Waals surface area contributed by atoms with Crippen LogP contribution in [0.1, 0.15) is 52.9 Å². The molecule has 1 saturated heterocycles. The zero-order valence-corrected chi connectivity index (χ0v) is 13.6. The van der Waals surface area contributed by atoms with Crippen molar-refractivity contribution in [2.45, 2.75) is 65.0 Å². The molecule has 3 heteroatoms. The van der Waals surface area contributed by atoms with E-state index in [0.717, 1.165) is 31.3 Å². The Bertz CT molecular complexity index is 276. The lowest BCUT2D eigenvalue weighted by molar-refractivity contribution is 0.0351. The van der Waals surface area contributed by atoms with Crippen molar-refractivity contribution in [3.05, 3.63) is 0 Å². The van der Waals surface area contributed by atoms with Crippen molar-refractivity contribution < 1.29 is 5.11 Å². The van der Waals surface area contributed by atoms with E-state index in [1.54, 1.807) is 0 Å². The Kier molecular flexibility index (Phi) is 6.31. The maximum atomic E-state index is 9.98. The maximum Gasteiger partial charge on any atom is 0.0553 e. The van der Waals surface area contributed by atoms with Crippen LogP contribution in [0.3, 0.4) is 0 Å². The second kappa shape index (κ2) is 7.77. The van der Waals surface area contributed by atoms with Crippen molar-refractivity contribution in [2.24, 2.45) is 17.8 Å². The Labute approximate surface area is 125 Å². The van der Waals surface area contributed by atoms with Gasteiger partial charge in [0.2, 0.25) is 0 Å². The summed E-state index contributed by atoms with van der Waals surface area (Å²) >= 11 is 0. The van der Waals surface area contributed by atoms with Gasteiger partial charge in [-0.1, -0.05) is 20.3 Å². The molecule has 3 nitrogen and oxygen atoms in total. The first-order chi connectivity index (χ1) is 9.54. The Morgan fingerprint density at radius 3 is 2.50 bits per heavy atom. The molecule has 0 amide bonds. The number of hydrogen-bond acceptors (Lipinski definition) is 3. The van der Waals surface area contributed by atoms with Crippen molar-refractivity contribution in [1.29, 1.82) is 0 Å². The lowest BCUT2D eigenvalue weighted by atomic mass is 9.83. The third-order valence-corrected chi connectivity index (χ3v) is 5.14. The van der Waals surface area contributed by atoms with Crippen molar-refractivity contribution in [3.63, 3.8) is 0 Å². The van der Waals surface area contributed by atoms with Crippen LogP contribution >= 0.6 is 0 Å². The van der Waals surface area contributed by atoms with Crippen molar-refractivity contribution >= 4 is 0 Å². The van der Waals surface area contributed by atoms with Crippen molar-refractivity contribution in [3.8, 4) is 0 Å².